The third-order valence-corrected chi connectivity index (χ3v) is 5.96. The minimum Gasteiger partial charge on any atom is -0.126 e. The molecule has 0 fully saturated rings. The summed E-state index contributed by atoms with van der Waals surface area (Å²) in [5, 5.41) is 1.06. The minimum absolute atomic E-state index is 0.685. The molecule has 3 heteroatoms. The summed E-state index contributed by atoms with van der Waals surface area (Å²) in [6.45, 7) is 0. The first-order valence-electron chi connectivity index (χ1n) is 6.77. The summed E-state index contributed by atoms with van der Waals surface area (Å²) in [4.78, 5) is 1.36. The van der Waals surface area contributed by atoms with Crippen LogP contribution < -0.4 is 0 Å². The highest BCUT2D eigenvalue weighted by Gasteiger charge is 2.10. The van der Waals surface area contributed by atoms with Gasteiger partial charge < -0.3 is 0 Å². The molecule has 0 saturated carbocycles. The molecule has 106 valence electrons. The van der Waals surface area contributed by atoms with Crippen molar-refractivity contribution in [1.82, 2.24) is 0 Å². The van der Waals surface area contributed by atoms with Gasteiger partial charge in [0.15, 0.2) is 0 Å². The number of hydrogen-bond acceptors (Lipinski definition) is 1. The molecule has 0 N–H and O–H groups in total. The normalized spacial score (nSPS) is 12.3. The summed E-state index contributed by atoms with van der Waals surface area (Å²) in [7, 11) is 0. The molecule has 2 aromatic carbocycles. The van der Waals surface area contributed by atoms with Gasteiger partial charge in [-0.1, -0.05) is 68.3 Å². The zero-order valence-corrected chi connectivity index (χ0v) is 15.3. The van der Waals surface area contributed by atoms with E-state index in [-0.39, 0.29) is 0 Å². The Morgan fingerprint density at radius 2 is 1.65 bits per heavy atom. The van der Waals surface area contributed by atoms with Gasteiger partial charge in [-0.2, -0.15) is 0 Å². The van der Waals surface area contributed by atoms with Crippen LogP contribution >= 0.6 is 43.6 Å². The number of benzene rings is 2. The van der Waals surface area contributed by atoms with Crippen LogP contribution in [0.3, 0.4) is 0 Å². The molecule has 0 aliphatic carbocycles. The van der Waals surface area contributed by atoms with Crippen LogP contribution in [0.5, 0.6) is 0 Å². The van der Waals surface area contributed by atoms with Crippen molar-refractivity contribution in [3.63, 3.8) is 0 Å². The maximum absolute atomic E-state index is 3.66. The van der Waals surface area contributed by atoms with Gasteiger partial charge in [-0.3, -0.25) is 0 Å². The molecule has 0 spiro atoms. The monoisotopic (exact) mass is 412 g/mol. The summed E-state index contributed by atoms with van der Waals surface area (Å²) in [6.07, 6.45) is 2.36. The second kappa shape index (κ2) is 8.91. The topological polar surface area (TPSA) is 0 Å². The minimum atomic E-state index is 0.685. The van der Waals surface area contributed by atoms with Crippen LogP contribution in [-0.4, -0.2) is 11.1 Å². The van der Waals surface area contributed by atoms with E-state index >= 15 is 0 Å². The first-order chi connectivity index (χ1) is 9.79. The van der Waals surface area contributed by atoms with Crippen molar-refractivity contribution in [3.05, 3.63) is 64.6 Å². The van der Waals surface area contributed by atoms with E-state index < -0.39 is 0 Å². The van der Waals surface area contributed by atoms with E-state index in [9.17, 15) is 0 Å². The van der Waals surface area contributed by atoms with E-state index in [1.807, 2.05) is 11.8 Å². The van der Waals surface area contributed by atoms with Crippen molar-refractivity contribution >= 4 is 43.6 Å². The van der Waals surface area contributed by atoms with Gasteiger partial charge in [0.2, 0.25) is 0 Å². The van der Waals surface area contributed by atoms with Gasteiger partial charge in [0.25, 0.3) is 0 Å². The van der Waals surface area contributed by atoms with Gasteiger partial charge in [0, 0.05) is 14.7 Å². The summed E-state index contributed by atoms with van der Waals surface area (Å²) in [5.74, 6) is 1.86. The van der Waals surface area contributed by atoms with Gasteiger partial charge >= 0.3 is 0 Å². The van der Waals surface area contributed by atoms with Crippen LogP contribution in [0, 0.1) is 5.92 Å². The molecule has 0 aromatic heterocycles. The molecule has 2 aromatic rings. The van der Waals surface area contributed by atoms with Gasteiger partial charge in [-0.25, -0.2) is 0 Å². The molecule has 20 heavy (non-hydrogen) atoms. The average molecular weight is 414 g/mol. The lowest BCUT2D eigenvalue weighted by molar-refractivity contribution is 0.577. The van der Waals surface area contributed by atoms with Crippen LogP contribution in [0.4, 0.5) is 0 Å². The lowest BCUT2D eigenvalue weighted by Crippen LogP contribution is -2.08. The predicted octanol–water partition coefficient (Wildman–Crippen LogP) is 6.19. The van der Waals surface area contributed by atoms with Crippen LogP contribution in [0.15, 0.2) is 64.0 Å². The highest BCUT2D eigenvalue weighted by atomic mass is 79.9. The Labute approximate surface area is 142 Å². The average Bonchev–Trinajstić information content (AvgIpc) is 2.49. The van der Waals surface area contributed by atoms with Crippen molar-refractivity contribution < 1.29 is 0 Å². The lowest BCUT2D eigenvalue weighted by atomic mass is 9.99. The van der Waals surface area contributed by atoms with E-state index in [0.717, 1.165) is 11.8 Å². The van der Waals surface area contributed by atoms with E-state index in [1.54, 1.807) is 0 Å². The first kappa shape index (κ1) is 16.1. The molecule has 1 atom stereocenters. The molecule has 0 radical (unpaired) electrons. The molecule has 2 rings (SSSR count). The molecular formula is C17H18Br2S. The van der Waals surface area contributed by atoms with Crippen LogP contribution in [-0.2, 0) is 6.42 Å². The molecule has 0 aliphatic rings. The van der Waals surface area contributed by atoms with Crippen molar-refractivity contribution in [1.29, 1.82) is 0 Å². The van der Waals surface area contributed by atoms with Gasteiger partial charge in [-0.05, 0) is 48.3 Å². The second-order valence-corrected chi connectivity index (χ2v) is 7.44. The Morgan fingerprint density at radius 1 is 0.950 bits per heavy atom. The zero-order chi connectivity index (χ0) is 14.2. The van der Waals surface area contributed by atoms with Crippen molar-refractivity contribution in [3.8, 4) is 0 Å². The van der Waals surface area contributed by atoms with Crippen LogP contribution in [0.2, 0.25) is 0 Å². The fraction of sp³-hybridized carbons (Fsp3) is 0.294. The summed E-state index contributed by atoms with van der Waals surface area (Å²) in [5.41, 5.74) is 1.40. The van der Waals surface area contributed by atoms with Crippen molar-refractivity contribution in [2.45, 2.75) is 17.7 Å². The Balaban J connectivity index is 1.82. The van der Waals surface area contributed by atoms with Crippen LogP contribution in [0.25, 0.3) is 0 Å². The third kappa shape index (κ3) is 5.27. The first-order valence-corrected chi connectivity index (χ1v) is 9.67. The maximum Gasteiger partial charge on any atom is 0.0207 e. The maximum atomic E-state index is 3.66. The summed E-state index contributed by atoms with van der Waals surface area (Å²) < 4.78 is 1.22. The summed E-state index contributed by atoms with van der Waals surface area (Å²) >= 11 is 9.24. The van der Waals surface area contributed by atoms with E-state index in [1.165, 1.54) is 27.1 Å². The Hall–Kier alpha value is -0.250. The van der Waals surface area contributed by atoms with Gasteiger partial charge in [0.1, 0.15) is 0 Å². The molecule has 0 aliphatic heterocycles. The molecule has 0 heterocycles. The second-order valence-electron chi connectivity index (χ2n) is 4.77. The van der Waals surface area contributed by atoms with Crippen LogP contribution in [0.1, 0.15) is 12.0 Å². The Morgan fingerprint density at radius 3 is 2.35 bits per heavy atom. The predicted molar refractivity (Wildman–Crippen MR) is 96.9 cm³/mol. The fourth-order valence-electron chi connectivity index (χ4n) is 2.07. The highest BCUT2D eigenvalue weighted by Crippen LogP contribution is 2.25. The molecule has 0 amide bonds. The molecule has 0 saturated heterocycles. The fourth-order valence-corrected chi connectivity index (χ4v) is 4.10. The van der Waals surface area contributed by atoms with Crippen molar-refractivity contribution in [2.75, 3.05) is 11.1 Å². The van der Waals surface area contributed by atoms with E-state index in [2.05, 4.69) is 86.5 Å². The number of alkyl halides is 1. The highest BCUT2D eigenvalue weighted by molar-refractivity contribution is 9.10. The molecular weight excluding hydrogens is 396 g/mol. The number of hydrogen-bond donors (Lipinski definition) is 0. The summed E-state index contributed by atoms with van der Waals surface area (Å²) in [6, 6.07) is 19.2. The smallest absolute Gasteiger partial charge is 0.0207 e. The third-order valence-electron chi connectivity index (χ3n) is 3.22. The van der Waals surface area contributed by atoms with Gasteiger partial charge in [0.05, 0.1) is 0 Å². The Kier molecular flexibility index (Phi) is 7.18. The number of rotatable bonds is 7. The SMILES string of the molecule is BrCC(CCSc1ccccc1)Cc1ccccc1Br. The number of thioether (sulfide) groups is 1. The number of halogens is 2. The zero-order valence-electron chi connectivity index (χ0n) is 11.3. The van der Waals surface area contributed by atoms with Gasteiger partial charge in [-0.15, -0.1) is 11.8 Å². The van der Waals surface area contributed by atoms with E-state index in [0.29, 0.717) is 5.92 Å². The lowest BCUT2D eigenvalue weighted by Gasteiger charge is -2.15. The quantitative estimate of drug-likeness (QED) is 0.385. The van der Waals surface area contributed by atoms with E-state index in [4.69, 9.17) is 0 Å². The van der Waals surface area contributed by atoms with Crippen molar-refractivity contribution in [2.24, 2.45) is 5.92 Å². The largest absolute Gasteiger partial charge is 0.126 e. The molecule has 0 nitrogen and oxygen atoms in total. The molecule has 1 unspecified atom stereocenters. The standard InChI is InChI=1S/C17H18Br2S/c18-13-14(12-15-6-4-5-9-17(15)19)10-11-20-16-7-2-1-3-8-16/h1-9,14H,10-13H2. The Bertz CT molecular complexity index is 513. The molecule has 0 bridgehead atoms.